The van der Waals surface area contributed by atoms with Gasteiger partial charge in [0, 0.05) is 76.8 Å². The average Bonchev–Trinajstić information content (AvgIpc) is 3.03. The maximum absolute atomic E-state index is 13.2. The number of aromatic carboxylic acids is 1. The number of nitrogens with one attached hydrogen (secondary N) is 1. The van der Waals surface area contributed by atoms with E-state index in [1.165, 1.54) is 33.3 Å². The van der Waals surface area contributed by atoms with Gasteiger partial charge in [-0.1, -0.05) is 13.0 Å². The Balaban J connectivity index is 1.49. The van der Waals surface area contributed by atoms with Crippen molar-refractivity contribution in [3.8, 4) is 11.5 Å². The second kappa shape index (κ2) is 10.2. The summed E-state index contributed by atoms with van der Waals surface area (Å²) >= 11 is 0. The molecule has 220 valence electrons. The molecule has 0 fully saturated rings. The summed E-state index contributed by atoms with van der Waals surface area (Å²) in [6.45, 7) is 6.81. The molecule has 0 unspecified atom stereocenters. The van der Waals surface area contributed by atoms with Gasteiger partial charge in [-0.2, -0.15) is 0 Å². The number of carbonyl (C=O) groups excluding carboxylic acids is 2. The van der Waals surface area contributed by atoms with E-state index in [1.807, 2.05) is 6.92 Å². The maximum atomic E-state index is 13.2. The quantitative estimate of drug-likeness (QED) is 0.370. The van der Waals surface area contributed by atoms with Gasteiger partial charge in [0.2, 0.25) is 5.36 Å². The van der Waals surface area contributed by atoms with Gasteiger partial charge in [-0.25, -0.2) is 4.58 Å². The van der Waals surface area contributed by atoms with Crippen LogP contribution in [0.3, 0.4) is 0 Å². The highest BCUT2D eigenvalue weighted by Gasteiger charge is 2.36. The first-order chi connectivity index (χ1) is 21.0. The molecule has 0 spiro atoms. The van der Waals surface area contributed by atoms with Gasteiger partial charge < -0.3 is 24.9 Å². The molecule has 0 radical (unpaired) electrons. The molecule has 0 aliphatic carbocycles. The highest BCUT2D eigenvalue weighted by Crippen LogP contribution is 2.48. The van der Waals surface area contributed by atoms with E-state index in [9.17, 15) is 14.7 Å². The van der Waals surface area contributed by atoms with Crippen molar-refractivity contribution in [3.05, 3.63) is 85.4 Å². The standard InChI is InChI=1S/C36H37N3O4/c1-2-13-37-35(40)23-11-12-24(36(41)42)27(20-23)30-28-18-21-7-3-14-38-16-5-9-25(31(21)38)33(28)43-34-26-10-6-17-39-15-4-8-22(32(26)39)19-29(30)34/h11-12,18-20H,2-10,13-17H2,1H3,(H-,37,40,41,42). The van der Waals surface area contributed by atoms with E-state index in [2.05, 4.69) is 26.9 Å². The van der Waals surface area contributed by atoms with E-state index >= 15 is 0 Å². The molecule has 0 aromatic heterocycles. The van der Waals surface area contributed by atoms with E-state index in [0.29, 0.717) is 17.7 Å². The zero-order valence-corrected chi connectivity index (χ0v) is 24.8. The summed E-state index contributed by atoms with van der Waals surface area (Å²) in [6.07, 6.45) is 9.00. The van der Waals surface area contributed by atoms with Crippen LogP contribution in [0.4, 0.5) is 5.69 Å². The van der Waals surface area contributed by atoms with Crippen LogP contribution in [0.2, 0.25) is 0 Å². The summed E-state index contributed by atoms with van der Waals surface area (Å²) < 4.78 is 9.60. The Labute approximate surface area is 251 Å². The van der Waals surface area contributed by atoms with Gasteiger partial charge in [0.1, 0.15) is 24.6 Å². The second-order valence-electron chi connectivity index (χ2n) is 12.6. The van der Waals surface area contributed by atoms with Crippen LogP contribution in [0.1, 0.15) is 93.1 Å². The largest absolute Gasteiger partial charge is 0.545 e. The van der Waals surface area contributed by atoms with Crippen LogP contribution in [0.5, 0.6) is 11.5 Å². The predicted molar refractivity (Wildman–Crippen MR) is 164 cm³/mol. The SMILES string of the molecule is CCCNC(=O)c1ccc(C(=O)[O-])c(C2=c3cc4c5c(c3Oc3c2cc2c6c3CCCN6CCC2)CCC[N+]=5CCC4)c1. The third-order valence-electron chi connectivity index (χ3n) is 9.99. The number of benzene rings is 3. The molecule has 0 atom stereocenters. The van der Waals surface area contributed by atoms with Crippen LogP contribution >= 0.6 is 0 Å². The Morgan fingerprint density at radius 1 is 0.907 bits per heavy atom. The van der Waals surface area contributed by atoms with E-state index in [1.54, 1.807) is 18.2 Å². The minimum absolute atomic E-state index is 0.0989. The van der Waals surface area contributed by atoms with Crippen molar-refractivity contribution in [1.29, 1.82) is 0 Å². The number of rotatable bonds is 5. The predicted octanol–water partition coefficient (Wildman–Crippen LogP) is 2.63. The molecule has 3 aromatic carbocycles. The van der Waals surface area contributed by atoms with Crippen LogP contribution in [-0.2, 0) is 25.7 Å². The van der Waals surface area contributed by atoms with E-state index < -0.39 is 5.97 Å². The third kappa shape index (κ3) is 4.11. The molecule has 8 rings (SSSR count). The minimum Gasteiger partial charge on any atom is -0.545 e. The van der Waals surface area contributed by atoms with Gasteiger partial charge in [-0.05, 0) is 80.3 Å². The molecule has 0 bridgehead atoms. The van der Waals surface area contributed by atoms with Crippen molar-refractivity contribution in [3.63, 3.8) is 0 Å². The lowest BCUT2D eigenvalue weighted by molar-refractivity contribution is -0.255. The topological polar surface area (TPSA) is 84.7 Å². The summed E-state index contributed by atoms with van der Waals surface area (Å²) in [5.74, 6) is 0.284. The van der Waals surface area contributed by atoms with Gasteiger partial charge >= 0.3 is 0 Å². The van der Waals surface area contributed by atoms with Crippen molar-refractivity contribution in [2.45, 2.75) is 64.7 Å². The lowest BCUT2D eigenvalue weighted by atomic mass is 9.81. The zero-order valence-electron chi connectivity index (χ0n) is 24.8. The summed E-state index contributed by atoms with van der Waals surface area (Å²) in [7, 11) is 0. The molecule has 1 N–H and O–H groups in total. The Bertz CT molecular complexity index is 1850. The van der Waals surface area contributed by atoms with Crippen molar-refractivity contribution in [2.75, 3.05) is 37.6 Å². The van der Waals surface area contributed by atoms with Crippen LogP contribution < -0.4 is 35.2 Å². The number of amides is 1. The number of nitrogens with zero attached hydrogens (tertiary/aromatic N) is 2. The Morgan fingerprint density at radius 3 is 2.49 bits per heavy atom. The van der Waals surface area contributed by atoms with E-state index in [0.717, 1.165) is 112 Å². The summed E-state index contributed by atoms with van der Waals surface area (Å²) in [5.41, 5.74) is 9.29. The molecule has 5 aliphatic rings. The van der Waals surface area contributed by atoms with Gasteiger partial charge in [0.05, 0.1) is 11.5 Å². The monoisotopic (exact) mass is 575 g/mol. The van der Waals surface area contributed by atoms with Gasteiger partial charge in [-0.3, -0.25) is 4.79 Å². The molecule has 5 heterocycles. The maximum Gasteiger partial charge on any atom is 0.251 e. The number of hydrogen-bond donors (Lipinski definition) is 1. The molecular weight excluding hydrogens is 538 g/mol. The summed E-state index contributed by atoms with van der Waals surface area (Å²) in [4.78, 5) is 28.4. The fraction of sp³-hybridized carbons (Fsp3) is 0.417. The van der Waals surface area contributed by atoms with Crippen molar-refractivity contribution in [1.82, 2.24) is 9.89 Å². The lowest BCUT2D eigenvalue weighted by Gasteiger charge is -2.39. The minimum atomic E-state index is -1.24. The first-order valence-electron chi connectivity index (χ1n) is 16.1. The normalized spacial score (nSPS) is 17.7. The van der Waals surface area contributed by atoms with Crippen LogP contribution in [0.15, 0.2) is 30.3 Å². The van der Waals surface area contributed by atoms with Crippen LogP contribution in [-0.4, -0.2) is 44.6 Å². The summed E-state index contributed by atoms with van der Waals surface area (Å²) in [6, 6.07) is 9.42. The molecule has 0 saturated heterocycles. The first kappa shape index (κ1) is 26.5. The third-order valence-corrected chi connectivity index (χ3v) is 9.99. The van der Waals surface area contributed by atoms with Gasteiger partial charge in [0.25, 0.3) is 5.91 Å². The number of ether oxygens (including phenoxy) is 1. The van der Waals surface area contributed by atoms with Crippen LogP contribution in [0, 0.1) is 0 Å². The Morgan fingerprint density at radius 2 is 1.67 bits per heavy atom. The smallest absolute Gasteiger partial charge is 0.251 e. The highest BCUT2D eigenvalue weighted by molar-refractivity contribution is 6.02. The van der Waals surface area contributed by atoms with Crippen molar-refractivity contribution >= 4 is 23.1 Å². The first-order valence-corrected chi connectivity index (χ1v) is 16.1. The molecule has 43 heavy (non-hydrogen) atoms. The Kier molecular flexibility index (Phi) is 6.32. The highest BCUT2D eigenvalue weighted by atomic mass is 16.5. The van der Waals surface area contributed by atoms with E-state index in [-0.39, 0.29) is 11.5 Å². The Hall–Kier alpha value is -4.13. The van der Waals surface area contributed by atoms with Crippen molar-refractivity contribution in [2.24, 2.45) is 0 Å². The zero-order chi connectivity index (χ0) is 29.2. The average molecular weight is 576 g/mol. The number of anilines is 1. The van der Waals surface area contributed by atoms with Crippen LogP contribution in [0.25, 0.3) is 5.57 Å². The second-order valence-corrected chi connectivity index (χ2v) is 12.6. The molecule has 0 saturated carbocycles. The fourth-order valence-corrected chi connectivity index (χ4v) is 8.21. The molecule has 7 heteroatoms. The number of fused-ring (bicyclic) bond motifs is 4. The molecule has 7 nitrogen and oxygen atoms in total. The lowest BCUT2D eigenvalue weighted by Crippen LogP contribution is -2.45. The summed E-state index contributed by atoms with van der Waals surface area (Å²) in [5, 5.41) is 17.9. The number of aryl methyl sites for hydroxylation is 2. The molecular formula is C36H37N3O4. The molecule has 3 aromatic rings. The number of hydrogen-bond acceptors (Lipinski definition) is 5. The van der Waals surface area contributed by atoms with Crippen molar-refractivity contribution < 1.29 is 19.4 Å². The van der Waals surface area contributed by atoms with E-state index in [4.69, 9.17) is 4.74 Å². The number of carbonyl (C=O) groups is 2. The van der Waals surface area contributed by atoms with Gasteiger partial charge in [0.15, 0.2) is 0 Å². The number of carboxylic acids is 1. The fourth-order valence-electron chi connectivity index (χ4n) is 8.21. The van der Waals surface area contributed by atoms with Gasteiger partial charge in [-0.15, -0.1) is 0 Å². The molecule has 1 amide bonds. The molecule has 5 aliphatic heterocycles. The number of carboxylic acid groups (broad SMARTS) is 1.